The van der Waals surface area contributed by atoms with Crippen LogP contribution in [-0.2, 0) is 10.8 Å². The van der Waals surface area contributed by atoms with Gasteiger partial charge in [-0.2, -0.15) is 15.0 Å². The minimum atomic E-state index is -0.821. The van der Waals surface area contributed by atoms with Crippen LogP contribution in [0.3, 0.4) is 0 Å². The van der Waals surface area contributed by atoms with Crippen LogP contribution in [0.25, 0.3) is 0 Å². The molecule has 0 aliphatic heterocycles. The van der Waals surface area contributed by atoms with Gasteiger partial charge in [-0.25, -0.2) is 0 Å². The van der Waals surface area contributed by atoms with E-state index in [1.807, 2.05) is 6.92 Å². The molecule has 1 heterocycles. The maximum atomic E-state index is 11.1. The summed E-state index contributed by atoms with van der Waals surface area (Å²) in [6, 6.07) is 0.173. The molecule has 0 amide bonds. The summed E-state index contributed by atoms with van der Waals surface area (Å²) < 4.78 is 16.0. The maximum Gasteiger partial charge on any atom is 0.322 e. The average Bonchev–Trinajstić information content (AvgIpc) is 2.27. The summed E-state index contributed by atoms with van der Waals surface area (Å²) in [7, 11) is 0.638. The fourth-order valence-corrected chi connectivity index (χ4v) is 1.55. The summed E-state index contributed by atoms with van der Waals surface area (Å²) in [6.45, 7) is 2.55. The molecule has 0 fully saturated rings. The number of nitrogens with two attached hydrogens (primary N) is 1. The predicted octanol–water partition coefficient (Wildman–Crippen LogP) is 0.0314. The third-order valence-corrected chi connectivity index (χ3v) is 3.58. The molecular formula is C9H17N5O2S. The third-order valence-electron chi connectivity index (χ3n) is 2.22. The zero-order valence-electron chi connectivity index (χ0n) is 10.1. The molecule has 17 heavy (non-hydrogen) atoms. The zero-order chi connectivity index (χ0) is 12.8. The maximum absolute atomic E-state index is 11.1. The predicted molar refractivity (Wildman–Crippen MR) is 67.4 cm³/mol. The summed E-state index contributed by atoms with van der Waals surface area (Å²) in [4.78, 5) is 11.7. The SMILES string of the molecule is COc1nc(N)nc(NCCC(C)S(C)=O)n1. The lowest BCUT2D eigenvalue weighted by Crippen LogP contribution is -2.16. The molecule has 0 aliphatic carbocycles. The minimum Gasteiger partial charge on any atom is -0.467 e. The number of ether oxygens (including phenoxy) is 1. The fourth-order valence-electron chi connectivity index (χ4n) is 1.10. The van der Waals surface area contributed by atoms with Crippen molar-refractivity contribution in [3.63, 3.8) is 0 Å². The van der Waals surface area contributed by atoms with E-state index in [0.29, 0.717) is 12.5 Å². The summed E-state index contributed by atoms with van der Waals surface area (Å²) in [5.41, 5.74) is 5.48. The average molecular weight is 259 g/mol. The molecule has 3 N–H and O–H groups in total. The van der Waals surface area contributed by atoms with E-state index in [1.54, 1.807) is 6.26 Å². The largest absolute Gasteiger partial charge is 0.467 e. The number of nitrogens with one attached hydrogen (secondary N) is 1. The zero-order valence-corrected chi connectivity index (χ0v) is 11.0. The highest BCUT2D eigenvalue weighted by Gasteiger charge is 2.07. The molecule has 0 spiro atoms. The lowest BCUT2D eigenvalue weighted by atomic mass is 10.3. The molecule has 2 unspecified atom stereocenters. The van der Waals surface area contributed by atoms with Crippen molar-refractivity contribution in [1.29, 1.82) is 0 Å². The first-order valence-electron chi connectivity index (χ1n) is 5.14. The normalized spacial score (nSPS) is 14.1. The van der Waals surface area contributed by atoms with E-state index in [1.165, 1.54) is 7.11 Å². The molecule has 2 atom stereocenters. The Labute approximate surface area is 103 Å². The van der Waals surface area contributed by atoms with Gasteiger partial charge in [0.05, 0.1) is 7.11 Å². The molecule has 0 saturated heterocycles. The van der Waals surface area contributed by atoms with Gasteiger partial charge in [-0.05, 0) is 6.42 Å². The topological polar surface area (TPSA) is 103 Å². The van der Waals surface area contributed by atoms with E-state index >= 15 is 0 Å². The molecule has 7 nitrogen and oxygen atoms in total. The molecule has 0 aliphatic rings. The van der Waals surface area contributed by atoms with Gasteiger partial charge < -0.3 is 15.8 Å². The van der Waals surface area contributed by atoms with Crippen molar-refractivity contribution < 1.29 is 8.95 Å². The number of anilines is 2. The van der Waals surface area contributed by atoms with Crippen molar-refractivity contribution in [1.82, 2.24) is 15.0 Å². The number of hydrogen-bond acceptors (Lipinski definition) is 7. The van der Waals surface area contributed by atoms with Crippen LogP contribution < -0.4 is 15.8 Å². The van der Waals surface area contributed by atoms with Crippen LogP contribution in [0, 0.1) is 0 Å². The molecule has 8 heteroatoms. The Bertz CT molecular complexity index is 401. The number of aromatic nitrogens is 3. The fraction of sp³-hybridized carbons (Fsp3) is 0.667. The van der Waals surface area contributed by atoms with Crippen LogP contribution in [0.15, 0.2) is 0 Å². The van der Waals surface area contributed by atoms with Crippen LogP contribution in [0.4, 0.5) is 11.9 Å². The van der Waals surface area contributed by atoms with Crippen molar-refractivity contribution in [2.45, 2.75) is 18.6 Å². The number of nitrogens with zero attached hydrogens (tertiary/aromatic N) is 3. The van der Waals surface area contributed by atoms with Gasteiger partial charge in [0.2, 0.25) is 11.9 Å². The Morgan fingerprint density at radius 1 is 1.47 bits per heavy atom. The van der Waals surface area contributed by atoms with Gasteiger partial charge in [0, 0.05) is 28.9 Å². The van der Waals surface area contributed by atoms with Gasteiger partial charge in [0.1, 0.15) is 0 Å². The lowest BCUT2D eigenvalue weighted by molar-refractivity contribution is 0.379. The highest BCUT2D eigenvalue weighted by molar-refractivity contribution is 7.84. The van der Waals surface area contributed by atoms with Gasteiger partial charge in [0.15, 0.2) is 0 Å². The first kappa shape index (κ1) is 13.6. The molecule has 1 rings (SSSR count). The van der Waals surface area contributed by atoms with Gasteiger partial charge in [-0.3, -0.25) is 4.21 Å². The highest BCUT2D eigenvalue weighted by atomic mass is 32.2. The van der Waals surface area contributed by atoms with E-state index in [2.05, 4.69) is 20.3 Å². The molecular weight excluding hydrogens is 242 g/mol. The van der Waals surface area contributed by atoms with E-state index < -0.39 is 10.8 Å². The van der Waals surface area contributed by atoms with Crippen LogP contribution in [-0.4, -0.2) is 44.3 Å². The number of rotatable bonds is 6. The van der Waals surface area contributed by atoms with Crippen molar-refractivity contribution in [3.05, 3.63) is 0 Å². The second-order valence-electron chi connectivity index (χ2n) is 3.53. The second-order valence-corrected chi connectivity index (χ2v) is 5.33. The molecule has 0 saturated carbocycles. The van der Waals surface area contributed by atoms with Gasteiger partial charge in [-0.15, -0.1) is 0 Å². The van der Waals surface area contributed by atoms with Crippen LogP contribution >= 0.6 is 0 Å². The number of methoxy groups -OCH3 is 1. The monoisotopic (exact) mass is 259 g/mol. The summed E-state index contributed by atoms with van der Waals surface area (Å²) in [5.74, 6) is 0.468. The van der Waals surface area contributed by atoms with Crippen LogP contribution in [0.2, 0.25) is 0 Å². The lowest BCUT2D eigenvalue weighted by Gasteiger charge is -2.09. The molecule has 1 aromatic rings. The van der Waals surface area contributed by atoms with Crippen molar-refractivity contribution in [2.24, 2.45) is 0 Å². The van der Waals surface area contributed by atoms with Gasteiger partial charge in [0.25, 0.3) is 0 Å². The summed E-state index contributed by atoms with van der Waals surface area (Å²) in [5, 5.41) is 3.12. The van der Waals surface area contributed by atoms with Crippen LogP contribution in [0.1, 0.15) is 13.3 Å². The Hall–Kier alpha value is -1.44. The van der Waals surface area contributed by atoms with Crippen LogP contribution in [0.5, 0.6) is 6.01 Å². The molecule has 0 aromatic carbocycles. The molecule has 96 valence electrons. The molecule has 0 bridgehead atoms. The Morgan fingerprint density at radius 3 is 2.76 bits per heavy atom. The van der Waals surface area contributed by atoms with Crippen molar-refractivity contribution in [2.75, 3.05) is 31.0 Å². The minimum absolute atomic E-state index is 0.103. The smallest absolute Gasteiger partial charge is 0.322 e. The number of hydrogen-bond donors (Lipinski definition) is 2. The first-order valence-corrected chi connectivity index (χ1v) is 6.76. The van der Waals surface area contributed by atoms with Crippen molar-refractivity contribution >= 4 is 22.7 Å². The standard InChI is InChI=1S/C9H17N5O2S/c1-6(17(3)15)4-5-11-8-12-7(10)13-9(14-8)16-2/h6H,4-5H2,1-3H3,(H3,10,11,12,13,14). The Morgan fingerprint density at radius 2 is 2.18 bits per heavy atom. The number of nitrogen functional groups attached to an aromatic ring is 1. The molecule has 1 aromatic heterocycles. The van der Waals surface area contributed by atoms with Crippen molar-refractivity contribution in [3.8, 4) is 6.01 Å². The quantitative estimate of drug-likeness (QED) is 0.743. The summed E-state index contributed by atoms with van der Waals surface area (Å²) >= 11 is 0. The van der Waals surface area contributed by atoms with Gasteiger partial charge >= 0.3 is 6.01 Å². The third kappa shape index (κ3) is 4.51. The van der Waals surface area contributed by atoms with E-state index in [4.69, 9.17) is 10.5 Å². The second kappa shape index (κ2) is 6.33. The first-order chi connectivity index (χ1) is 8.02. The Balaban J connectivity index is 2.51. The van der Waals surface area contributed by atoms with E-state index in [9.17, 15) is 4.21 Å². The highest BCUT2D eigenvalue weighted by Crippen LogP contribution is 2.08. The molecule has 0 radical (unpaired) electrons. The van der Waals surface area contributed by atoms with E-state index in [0.717, 1.165) is 6.42 Å². The summed E-state index contributed by atoms with van der Waals surface area (Å²) in [6.07, 6.45) is 2.45. The van der Waals surface area contributed by atoms with Gasteiger partial charge in [-0.1, -0.05) is 6.92 Å². The Kier molecular flexibility index (Phi) is 5.08. The van der Waals surface area contributed by atoms with E-state index in [-0.39, 0.29) is 17.2 Å².